The van der Waals surface area contributed by atoms with Crippen molar-refractivity contribution in [2.75, 3.05) is 6.54 Å². The molecule has 2 rings (SSSR count). The normalized spacial score (nSPS) is 10.4. The van der Waals surface area contributed by atoms with Gasteiger partial charge in [-0.3, -0.25) is 9.48 Å². The van der Waals surface area contributed by atoms with Crippen LogP contribution in [0.5, 0.6) is 0 Å². The maximum absolute atomic E-state index is 11.7. The Balaban J connectivity index is 1.74. The third-order valence-electron chi connectivity index (χ3n) is 2.62. The number of hydrogen-bond acceptors (Lipinski definition) is 4. The van der Waals surface area contributed by atoms with E-state index in [1.807, 2.05) is 31.3 Å². The minimum atomic E-state index is 0.00263. The van der Waals surface area contributed by atoms with Crippen molar-refractivity contribution < 1.29 is 4.79 Å². The molecule has 19 heavy (non-hydrogen) atoms. The average Bonchev–Trinajstić information content (AvgIpc) is 2.78. The SMILES string of the molecule is Cn1cnc(CCNC(=O)Cc2ccc(S)cc2)n1. The molecule has 0 fully saturated rings. The summed E-state index contributed by atoms with van der Waals surface area (Å²) in [6.45, 7) is 0.549. The molecular weight excluding hydrogens is 260 g/mol. The van der Waals surface area contributed by atoms with Gasteiger partial charge in [-0.05, 0) is 17.7 Å². The van der Waals surface area contributed by atoms with Crippen molar-refractivity contribution in [3.8, 4) is 0 Å². The van der Waals surface area contributed by atoms with Crippen LogP contribution in [0.4, 0.5) is 0 Å². The molecule has 5 nitrogen and oxygen atoms in total. The number of aryl methyl sites for hydroxylation is 1. The Morgan fingerprint density at radius 2 is 2.11 bits per heavy atom. The Hall–Kier alpha value is -1.82. The van der Waals surface area contributed by atoms with Gasteiger partial charge in [0, 0.05) is 24.9 Å². The number of amides is 1. The van der Waals surface area contributed by atoms with Crippen molar-refractivity contribution in [1.82, 2.24) is 20.1 Å². The van der Waals surface area contributed by atoms with Crippen molar-refractivity contribution >= 4 is 18.5 Å². The largest absolute Gasteiger partial charge is 0.355 e. The second kappa shape index (κ2) is 6.38. The van der Waals surface area contributed by atoms with E-state index in [0.717, 1.165) is 16.3 Å². The van der Waals surface area contributed by atoms with Gasteiger partial charge < -0.3 is 5.32 Å². The smallest absolute Gasteiger partial charge is 0.224 e. The minimum Gasteiger partial charge on any atom is -0.355 e. The van der Waals surface area contributed by atoms with E-state index >= 15 is 0 Å². The molecule has 0 aliphatic rings. The van der Waals surface area contributed by atoms with Gasteiger partial charge in [-0.1, -0.05) is 12.1 Å². The summed E-state index contributed by atoms with van der Waals surface area (Å²) in [5.74, 6) is 0.741. The zero-order valence-corrected chi connectivity index (χ0v) is 11.6. The monoisotopic (exact) mass is 276 g/mol. The predicted octanol–water partition coefficient (Wildman–Crippen LogP) is 1.01. The van der Waals surface area contributed by atoms with Gasteiger partial charge in [-0.15, -0.1) is 12.6 Å². The molecule has 0 saturated heterocycles. The molecule has 0 unspecified atom stereocenters. The maximum Gasteiger partial charge on any atom is 0.224 e. The number of aromatic nitrogens is 3. The number of carbonyl (C=O) groups is 1. The summed E-state index contributed by atoms with van der Waals surface area (Å²) in [5, 5.41) is 7.00. The molecule has 1 heterocycles. The summed E-state index contributed by atoms with van der Waals surface area (Å²) in [4.78, 5) is 16.7. The molecule has 100 valence electrons. The van der Waals surface area contributed by atoms with E-state index in [1.54, 1.807) is 11.0 Å². The zero-order valence-electron chi connectivity index (χ0n) is 10.7. The van der Waals surface area contributed by atoms with Gasteiger partial charge in [0.2, 0.25) is 5.91 Å². The summed E-state index contributed by atoms with van der Waals surface area (Å²) >= 11 is 4.20. The molecule has 0 atom stereocenters. The van der Waals surface area contributed by atoms with E-state index in [9.17, 15) is 4.79 Å². The number of thiol groups is 1. The Labute approximate surface area is 117 Å². The van der Waals surface area contributed by atoms with Crippen molar-refractivity contribution in [3.63, 3.8) is 0 Å². The first-order valence-corrected chi connectivity index (χ1v) is 6.47. The highest BCUT2D eigenvalue weighted by molar-refractivity contribution is 7.80. The molecule has 1 aromatic carbocycles. The lowest BCUT2D eigenvalue weighted by Crippen LogP contribution is -2.27. The Morgan fingerprint density at radius 3 is 2.74 bits per heavy atom. The highest BCUT2D eigenvalue weighted by Crippen LogP contribution is 2.08. The summed E-state index contributed by atoms with van der Waals surface area (Å²) in [6, 6.07) is 7.57. The molecule has 1 amide bonds. The summed E-state index contributed by atoms with van der Waals surface area (Å²) in [6.07, 6.45) is 2.67. The first kappa shape index (κ1) is 13.6. The Morgan fingerprint density at radius 1 is 1.37 bits per heavy atom. The minimum absolute atomic E-state index is 0.00263. The van der Waals surface area contributed by atoms with Crippen LogP contribution in [0.3, 0.4) is 0 Å². The van der Waals surface area contributed by atoms with E-state index in [-0.39, 0.29) is 5.91 Å². The molecular formula is C13H16N4OS. The predicted molar refractivity (Wildman–Crippen MR) is 75.1 cm³/mol. The number of benzene rings is 1. The molecule has 0 aliphatic carbocycles. The molecule has 0 aliphatic heterocycles. The third-order valence-corrected chi connectivity index (χ3v) is 2.92. The van der Waals surface area contributed by atoms with Crippen LogP contribution in [0.25, 0.3) is 0 Å². The van der Waals surface area contributed by atoms with Crippen LogP contribution in [-0.4, -0.2) is 27.2 Å². The molecule has 6 heteroatoms. The van der Waals surface area contributed by atoms with Crippen LogP contribution in [0.2, 0.25) is 0 Å². The first-order valence-electron chi connectivity index (χ1n) is 6.02. The Bertz CT molecular complexity index is 550. The van der Waals surface area contributed by atoms with Crippen LogP contribution in [0.15, 0.2) is 35.5 Å². The number of nitrogens with zero attached hydrogens (tertiary/aromatic N) is 3. The van der Waals surface area contributed by atoms with Gasteiger partial charge in [0.25, 0.3) is 0 Å². The molecule has 0 bridgehead atoms. The lowest BCUT2D eigenvalue weighted by Gasteiger charge is -2.04. The van der Waals surface area contributed by atoms with Gasteiger partial charge in [-0.2, -0.15) is 5.10 Å². The lowest BCUT2D eigenvalue weighted by molar-refractivity contribution is -0.120. The van der Waals surface area contributed by atoms with Crippen LogP contribution in [0.1, 0.15) is 11.4 Å². The van der Waals surface area contributed by atoms with E-state index < -0.39 is 0 Å². The maximum atomic E-state index is 11.7. The molecule has 0 saturated carbocycles. The quantitative estimate of drug-likeness (QED) is 0.801. The average molecular weight is 276 g/mol. The fourth-order valence-electron chi connectivity index (χ4n) is 1.67. The van der Waals surface area contributed by atoms with Crippen molar-refractivity contribution in [1.29, 1.82) is 0 Å². The number of carbonyl (C=O) groups excluding carboxylic acids is 1. The van der Waals surface area contributed by atoms with E-state index in [2.05, 4.69) is 28.0 Å². The lowest BCUT2D eigenvalue weighted by atomic mass is 10.1. The van der Waals surface area contributed by atoms with Gasteiger partial charge >= 0.3 is 0 Å². The van der Waals surface area contributed by atoms with Gasteiger partial charge in [-0.25, -0.2) is 4.98 Å². The van der Waals surface area contributed by atoms with Crippen LogP contribution in [-0.2, 0) is 24.7 Å². The molecule has 0 spiro atoms. The fraction of sp³-hybridized carbons (Fsp3) is 0.308. The molecule has 2 aromatic rings. The van der Waals surface area contributed by atoms with Crippen LogP contribution in [0, 0.1) is 0 Å². The second-order valence-corrected chi connectivity index (χ2v) is 4.79. The topological polar surface area (TPSA) is 59.8 Å². The first-order chi connectivity index (χ1) is 9.13. The molecule has 0 radical (unpaired) electrons. The summed E-state index contributed by atoms with van der Waals surface area (Å²) in [7, 11) is 1.82. The van der Waals surface area contributed by atoms with Crippen LogP contribution >= 0.6 is 12.6 Å². The van der Waals surface area contributed by atoms with Gasteiger partial charge in [0.1, 0.15) is 6.33 Å². The summed E-state index contributed by atoms with van der Waals surface area (Å²) in [5.41, 5.74) is 0.978. The van der Waals surface area contributed by atoms with E-state index in [0.29, 0.717) is 19.4 Å². The zero-order chi connectivity index (χ0) is 13.7. The number of nitrogens with one attached hydrogen (secondary N) is 1. The highest BCUT2D eigenvalue weighted by Gasteiger charge is 2.04. The third kappa shape index (κ3) is 4.40. The van der Waals surface area contributed by atoms with Crippen molar-refractivity contribution in [3.05, 3.63) is 42.0 Å². The Kier molecular flexibility index (Phi) is 4.57. The standard InChI is InChI=1S/C13H16N4OS/c1-17-9-15-12(16-17)6-7-14-13(18)8-10-2-4-11(19)5-3-10/h2-5,9,19H,6-8H2,1H3,(H,14,18). The van der Waals surface area contributed by atoms with Crippen molar-refractivity contribution in [2.24, 2.45) is 7.05 Å². The highest BCUT2D eigenvalue weighted by atomic mass is 32.1. The van der Waals surface area contributed by atoms with Crippen LogP contribution < -0.4 is 5.32 Å². The van der Waals surface area contributed by atoms with Gasteiger partial charge in [0.05, 0.1) is 6.42 Å². The molecule has 1 aromatic heterocycles. The van der Waals surface area contributed by atoms with E-state index in [4.69, 9.17) is 0 Å². The fourth-order valence-corrected chi connectivity index (χ4v) is 1.82. The van der Waals surface area contributed by atoms with E-state index in [1.165, 1.54) is 0 Å². The number of hydrogen-bond donors (Lipinski definition) is 2. The second-order valence-electron chi connectivity index (χ2n) is 4.28. The van der Waals surface area contributed by atoms with Crippen molar-refractivity contribution in [2.45, 2.75) is 17.7 Å². The summed E-state index contributed by atoms with van der Waals surface area (Å²) < 4.78 is 1.65. The van der Waals surface area contributed by atoms with Gasteiger partial charge in [0.15, 0.2) is 5.82 Å². The molecule has 1 N–H and O–H groups in total. The number of rotatable bonds is 5.